The standard InChI is InChI=1S/C19H17N3O4/c1-11-9-12(21(23)24)10-16-13-6-4-7-14(13)19(20-18(11)16)15-5-2-3-8-17(15)22(25)26/h2-6,8-10,13-14,19-20H,7H2,1H3/t13-,14-,19-/m0/s1. The molecule has 0 bridgehead atoms. The van der Waals surface area contributed by atoms with Gasteiger partial charge in [-0.2, -0.15) is 0 Å². The van der Waals surface area contributed by atoms with Gasteiger partial charge in [0, 0.05) is 29.8 Å². The predicted molar refractivity (Wildman–Crippen MR) is 97.3 cm³/mol. The Balaban J connectivity index is 1.86. The molecule has 1 heterocycles. The molecule has 1 aliphatic heterocycles. The molecule has 0 saturated carbocycles. The minimum Gasteiger partial charge on any atom is -0.377 e. The van der Waals surface area contributed by atoms with Gasteiger partial charge in [0.15, 0.2) is 0 Å². The third-order valence-corrected chi connectivity index (χ3v) is 5.33. The highest BCUT2D eigenvalue weighted by Crippen LogP contribution is 2.52. The number of nitrogens with one attached hydrogen (secondary N) is 1. The van der Waals surface area contributed by atoms with Crippen LogP contribution in [0.15, 0.2) is 48.6 Å². The highest BCUT2D eigenvalue weighted by Gasteiger charge is 2.41. The monoisotopic (exact) mass is 351 g/mol. The van der Waals surface area contributed by atoms with Crippen molar-refractivity contribution < 1.29 is 9.85 Å². The van der Waals surface area contributed by atoms with Crippen molar-refractivity contribution in [2.24, 2.45) is 5.92 Å². The summed E-state index contributed by atoms with van der Waals surface area (Å²) in [5.74, 6) is 0.0969. The van der Waals surface area contributed by atoms with E-state index in [9.17, 15) is 20.2 Å². The van der Waals surface area contributed by atoms with Gasteiger partial charge in [-0.25, -0.2) is 0 Å². The second-order valence-electron chi connectivity index (χ2n) is 6.78. The fourth-order valence-electron chi connectivity index (χ4n) is 4.20. The molecule has 7 heteroatoms. The maximum absolute atomic E-state index is 11.5. The largest absolute Gasteiger partial charge is 0.377 e. The summed E-state index contributed by atoms with van der Waals surface area (Å²) in [6, 6.07) is 9.73. The van der Waals surface area contributed by atoms with Crippen LogP contribution in [0.1, 0.15) is 35.1 Å². The lowest BCUT2D eigenvalue weighted by atomic mass is 9.76. The van der Waals surface area contributed by atoms with Crippen molar-refractivity contribution >= 4 is 17.1 Å². The number of nitro benzene ring substituents is 2. The molecule has 2 aliphatic rings. The summed E-state index contributed by atoms with van der Waals surface area (Å²) in [4.78, 5) is 22.0. The quantitative estimate of drug-likeness (QED) is 0.493. The number of hydrogen-bond donors (Lipinski definition) is 1. The van der Waals surface area contributed by atoms with Gasteiger partial charge in [0.25, 0.3) is 11.4 Å². The highest BCUT2D eigenvalue weighted by atomic mass is 16.6. The van der Waals surface area contributed by atoms with E-state index in [-0.39, 0.29) is 39.1 Å². The van der Waals surface area contributed by atoms with Crippen LogP contribution in [-0.4, -0.2) is 9.85 Å². The topological polar surface area (TPSA) is 98.3 Å². The highest BCUT2D eigenvalue weighted by molar-refractivity contribution is 5.68. The van der Waals surface area contributed by atoms with Crippen LogP contribution in [0, 0.1) is 33.1 Å². The SMILES string of the molecule is Cc1cc([N+](=O)[O-])cc2c1N[C@H](c1ccccc1[N+](=O)[O-])[C@H]1CC=C[C@H]21. The average Bonchev–Trinajstić information content (AvgIpc) is 3.11. The van der Waals surface area contributed by atoms with E-state index in [1.54, 1.807) is 30.3 Å². The van der Waals surface area contributed by atoms with Crippen LogP contribution < -0.4 is 5.32 Å². The Bertz CT molecular complexity index is 954. The number of aryl methyl sites for hydroxylation is 1. The zero-order valence-corrected chi connectivity index (χ0v) is 14.1. The smallest absolute Gasteiger partial charge is 0.274 e. The first kappa shape index (κ1) is 16.3. The Morgan fingerprint density at radius 3 is 2.58 bits per heavy atom. The van der Waals surface area contributed by atoms with Crippen molar-refractivity contribution in [3.63, 3.8) is 0 Å². The molecule has 0 saturated heterocycles. The molecule has 132 valence electrons. The van der Waals surface area contributed by atoms with Crippen LogP contribution in [0.5, 0.6) is 0 Å². The van der Waals surface area contributed by atoms with E-state index < -0.39 is 0 Å². The van der Waals surface area contributed by atoms with E-state index in [4.69, 9.17) is 0 Å². The fraction of sp³-hybridized carbons (Fsp3) is 0.263. The lowest BCUT2D eigenvalue weighted by molar-refractivity contribution is -0.385. The fourth-order valence-corrected chi connectivity index (χ4v) is 4.20. The predicted octanol–water partition coefficient (Wildman–Crippen LogP) is 4.64. The number of allylic oxidation sites excluding steroid dienone is 2. The van der Waals surface area contributed by atoms with Crippen molar-refractivity contribution in [2.75, 3.05) is 5.32 Å². The molecule has 26 heavy (non-hydrogen) atoms. The Morgan fingerprint density at radius 1 is 1.08 bits per heavy atom. The molecule has 1 aliphatic carbocycles. The van der Waals surface area contributed by atoms with Gasteiger partial charge in [-0.1, -0.05) is 30.4 Å². The van der Waals surface area contributed by atoms with Gasteiger partial charge in [0.2, 0.25) is 0 Å². The summed E-state index contributed by atoms with van der Waals surface area (Å²) < 4.78 is 0. The number of fused-ring (bicyclic) bond motifs is 3. The van der Waals surface area contributed by atoms with Crippen LogP contribution in [0.25, 0.3) is 0 Å². The van der Waals surface area contributed by atoms with Crippen LogP contribution in [0.2, 0.25) is 0 Å². The van der Waals surface area contributed by atoms with Crippen molar-refractivity contribution in [1.82, 2.24) is 0 Å². The molecule has 3 atom stereocenters. The lowest BCUT2D eigenvalue weighted by Gasteiger charge is -2.37. The first-order valence-corrected chi connectivity index (χ1v) is 8.43. The summed E-state index contributed by atoms with van der Waals surface area (Å²) >= 11 is 0. The third-order valence-electron chi connectivity index (χ3n) is 5.33. The molecule has 1 N–H and O–H groups in total. The van der Waals surface area contributed by atoms with Crippen molar-refractivity contribution in [1.29, 1.82) is 0 Å². The molecular formula is C19H17N3O4. The third kappa shape index (κ3) is 2.44. The van der Waals surface area contributed by atoms with E-state index in [1.807, 2.05) is 6.92 Å². The number of hydrogen-bond acceptors (Lipinski definition) is 5. The van der Waals surface area contributed by atoms with Crippen LogP contribution in [0.4, 0.5) is 17.1 Å². The number of benzene rings is 2. The van der Waals surface area contributed by atoms with Gasteiger partial charge in [-0.3, -0.25) is 20.2 Å². The first-order chi connectivity index (χ1) is 12.5. The van der Waals surface area contributed by atoms with Crippen LogP contribution >= 0.6 is 0 Å². The van der Waals surface area contributed by atoms with Gasteiger partial charge >= 0.3 is 0 Å². The molecule has 0 amide bonds. The molecule has 2 aromatic carbocycles. The lowest BCUT2D eigenvalue weighted by Crippen LogP contribution is -2.30. The zero-order chi connectivity index (χ0) is 18.4. The Labute approximate surface area is 149 Å². The van der Waals surface area contributed by atoms with Gasteiger partial charge in [-0.05, 0) is 30.4 Å². The van der Waals surface area contributed by atoms with Gasteiger partial charge in [-0.15, -0.1) is 0 Å². The molecular weight excluding hydrogens is 334 g/mol. The van der Waals surface area contributed by atoms with Crippen molar-refractivity contribution in [3.05, 3.63) is 85.5 Å². The summed E-state index contributed by atoms with van der Waals surface area (Å²) in [5, 5.41) is 26.2. The molecule has 2 aromatic rings. The van der Waals surface area contributed by atoms with Crippen molar-refractivity contribution in [2.45, 2.75) is 25.3 Å². The molecule has 4 rings (SSSR count). The number of nitro groups is 2. The maximum atomic E-state index is 11.5. The van der Waals surface area contributed by atoms with Crippen LogP contribution in [0.3, 0.4) is 0 Å². The first-order valence-electron chi connectivity index (χ1n) is 8.43. The number of para-hydroxylation sites is 1. The Hall–Kier alpha value is -3.22. The summed E-state index contributed by atoms with van der Waals surface area (Å²) in [6.45, 7) is 1.83. The molecule has 0 unspecified atom stereocenters. The summed E-state index contributed by atoms with van der Waals surface area (Å²) in [5.41, 5.74) is 3.33. The number of nitrogens with zero attached hydrogens (tertiary/aromatic N) is 2. The van der Waals surface area contributed by atoms with E-state index in [1.165, 1.54) is 6.07 Å². The van der Waals surface area contributed by atoms with Gasteiger partial charge in [0.1, 0.15) is 0 Å². The molecule has 7 nitrogen and oxygen atoms in total. The maximum Gasteiger partial charge on any atom is 0.274 e. The number of anilines is 1. The molecule has 0 radical (unpaired) electrons. The molecule has 0 fully saturated rings. The molecule has 0 spiro atoms. The minimum absolute atomic E-state index is 0.00894. The second kappa shape index (κ2) is 5.94. The van der Waals surface area contributed by atoms with Crippen molar-refractivity contribution in [3.8, 4) is 0 Å². The number of non-ortho nitro benzene ring substituents is 1. The summed E-state index contributed by atoms with van der Waals surface area (Å²) in [7, 11) is 0. The van der Waals surface area contributed by atoms with Gasteiger partial charge in [0.05, 0.1) is 21.5 Å². The van der Waals surface area contributed by atoms with E-state index in [2.05, 4.69) is 17.5 Å². The normalized spacial score (nSPS) is 23.0. The minimum atomic E-state index is -0.380. The Kier molecular flexibility index (Phi) is 3.72. The van der Waals surface area contributed by atoms with E-state index >= 15 is 0 Å². The number of rotatable bonds is 3. The average molecular weight is 351 g/mol. The van der Waals surface area contributed by atoms with Gasteiger partial charge < -0.3 is 5.32 Å². The Morgan fingerprint density at radius 2 is 1.85 bits per heavy atom. The molecule has 0 aromatic heterocycles. The second-order valence-corrected chi connectivity index (χ2v) is 6.78. The summed E-state index contributed by atoms with van der Waals surface area (Å²) in [6.07, 6.45) is 4.90. The zero-order valence-electron chi connectivity index (χ0n) is 14.1. The van der Waals surface area contributed by atoms with E-state index in [0.29, 0.717) is 5.56 Å². The van der Waals surface area contributed by atoms with E-state index in [0.717, 1.165) is 23.2 Å². The van der Waals surface area contributed by atoms with Crippen LogP contribution in [-0.2, 0) is 0 Å².